The van der Waals surface area contributed by atoms with Gasteiger partial charge in [-0.05, 0) is 62.6 Å². The average Bonchev–Trinajstić information content (AvgIpc) is 3.26. The monoisotopic (exact) mass is 423 g/mol. The largest absolute Gasteiger partial charge is 0.452 e. The number of rotatable bonds is 5. The van der Waals surface area contributed by atoms with Gasteiger partial charge in [-0.15, -0.1) is 0 Å². The fourth-order valence-corrected chi connectivity index (χ4v) is 4.97. The van der Waals surface area contributed by atoms with E-state index < -0.39 is 18.5 Å². The molecule has 2 atom stereocenters. The van der Waals surface area contributed by atoms with Crippen molar-refractivity contribution in [3.8, 4) is 5.82 Å². The molecule has 0 aliphatic heterocycles. The minimum absolute atomic E-state index is 0.0144. The molecule has 2 aliphatic carbocycles. The lowest BCUT2D eigenvalue weighted by atomic mass is 9.70. The Bertz CT molecular complexity index is 1050. The van der Waals surface area contributed by atoms with E-state index in [1.807, 2.05) is 19.9 Å². The van der Waals surface area contributed by atoms with Gasteiger partial charge in [-0.3, -0.25) is 4.79 Å². The molecular formula is C23H29N5O3. The van der Waals surface area contributed by atoms with Gasteiger partial charge in [-0.1, -0.05) is 20.8 Å². The molecule has 2 heterocycles. The minimum atomic E-state index is -0.608. The molecule has 2 aromatic heterocycles. The van der Waals surface area contributed by atoms with Crippen molar-refractivity contribution in [2.24, 2.45) is 21.8 Å². The van der Waals surface area contributed by atoms with Gasteiger partial charge in [0.05, 0.1) is 11.3 Å². The first-order valence-corrected chi connectivity index (χ1v) is 10.6. The van der Waals surface area contributed by atoms with Gasteiger partial charge in [0.2, 0.25) is 0 Å². The van der Waals surface area contributed by atoms with E-state index in [4.69, 9.17) is 4.74 Å². The highest BCUT2D eigenvalue weighted by Gasteiger charge is 2.60. The van der Waals surface area contributed by atoms with Crippen molar-refractivity contribution in [2.75, 3.05) is 6.61 Å². The van der Waals surface area contributed by atoms with Crippen molar-refractivity contribution in [2.45, 2.75) is 53.9 Å². The van der Waals surface area contributed by atoms with Crippen LogP contribution in [0, 0.1) is 30.6 Å². The number of aryl methyl sites for hydroxylation is 2. The maximum Gasteiger partial charge on any atom is 0.340 e. The second-order valence-electron chi connectivity index (χ2n) is 9.41. The molecule has 2 aliphatic rings. The Labute approximate surface area is 182 Å². The number of esters is 1. The lowest BCUT2D eigenvalue weighted by Gasteiger charge is -2.34. The Morgan fingerprint density at radius 2 is 2.06 bits per heavy atom. The zero-order valence-electron chi connectivity index (χ0n) is 18.7. The molecule has 2 aromatic rings. The number of nitrogens with zero attached hydrogens (tertiary/aromatic N) is 4. The second-order valence-corrected chi connectivity index (χ2v) is 9.41. The van der Waals surface area contributed by atoms with Crippen LogP contribution in [-0.4, -0.2) is 39.0 Å². The SMILES string of the molecule is Cc1cc(C)n(-c2ccc(C(=O)OCC(=O)N/N=C3\CC4CCC3(C)C4(C)C)cn2)n1. The highest BCUT2D eigenvalue weighted by molar-refractivity contribution is 5.95. The van der Waals surface area contributed by atoms with Crippen molar-refractivity contribution in [1.29, 1.82) is 0 Å². The van der Waals surface area contributed by atoms with Crippen LogP contribution in [0.3, 0.4) is 0 Å². The van der Waals surface area contributed by atoms with Gasteiger partial charge in [0, 0.05) is 23.0 Å². The van der Waals surface area contributed by atoms with E-state index in [1.54, 1.807) is 16.8 Å². The molecule has 0 aromatic carbocycles. The van der Waals surface area contributed by atoms with Crippen LogP contribution in [-0.2, 0) is 9.53 Å². The summed E-state index contributed by atoms with van der Waals surface area (Å²) in [7, 11) is 0. The maximum atomic E-state index is 12.3. The third-order valence-electron chi connectivity index (χ3n) is 7.37. The predicted octanol–water partition coefficient (Wildman–Crippen LogP) is 3.36. The Balaban J connectivity index is 1.32. The first-order chi connectivity index (χ1) is 14.6. The second kappa shape index (κ2) is 7.59. The number of fused-ring (bicyclic) bond motifs is 2. The number of hydrazone groups is 1. The molecule has 2 bridgehead atoms. The van der Waals surface area contributed by atoms with Crippen LogP contribution in [0.1, 0.15) is 61.8 Å². The lowest BCUT2D eigenvalue weighted by Crippen LogP contribution is -2.34. The number of aromatic nitrogens is 3. The molecule has 164 valence electrons. The molecule has 8 heteroatoms. The molecule has 1 amide bonds. The van der Waals surface area contributed by atoms with Gasteiger partial charge in [-0.25, -0.2) is 19.9 Å². The number of pyridine rings is 1. The van der Waals surface area contributed by atoms with Crippen LogP contribution in [0.5, 0.6) is 0 Å². The van der Waals surface area contributed by atoms with E-state index >= 15 is 0 Å². The topological polar surface area (TPSA) is 98.5 Å². The van der Waals surface area contributed by atoms with Gasteiger partial charge in [0.15, 0.2) is 12.4 Å². The van der Waals surface area contributed by atoms with Gasteiger partial charge in [0.1, 0.15) is 0 Å². The van der Waals surface area contributed by atoms with E-state index in [2.05, 4.69) is 41.4 Å². The highest BCUT2D eigenvalue weighted by atomic mass is 16.5. The molecule has 2 unspecified atom stereocenters. The summed E-state index contributed by atoms with van der Waals surface area (Å²) in [5.41, 5.74) is 5.92. The quantitative estimate of drug-likeness (QED) is 0.587. The summed E-state index contributed by atoms with van der Waals surface area (Å²) in [6, 6.07) is 5.25. The summed E-state index contributed by atoms with van der Waals surface area (Å²) >= 11 is 0. The number of carbonyl (C=O) groups is 2. The average molecular weight is 424 g/mol. The summed E-state index contributed by atoms with van der Waals surface area (Å²) in [6.45, 7) is 10.2. The fourth-order valence-electron chi connectivity index (χ4n) is 4.97. The third-order valence-corrected chi connectivity index (χ3v) is 7.37. The number of nitrogens with one attached hydrogen (secondary N) is 1. The van der Waals surface area contributed by atoms with Crippen LogP contribution < -0.4 is 5.43 Å². The van der Waals surface area contributed by atoms with Crippen LogP contribution in [0.2, 0.25) is 0 Å². The van der Waals surface area contributed by atoms with Crippen LogP contribution in [0.15, 0.2) is 29.5 Å². The molecule has 8 nitrogen and oxygen atoms in total. The normalized spacial score (nSPS) is 25.1. The Morgan fingerprint density at radius 1 is 1.29 bits per heavy atom. The molecule has 1 N–H and O–H groups in total. The number of ether oxygens (including phenoxy) is 1. The van der Waals surface area contributed by atoms with Gasteiger partial charge >= 0.3 is 5.97 Å². The summed E-state index contributed by atoms with van der Waals surface area (Å²) < 4.78 is 6.83. The first-order valence-electron chi connectivity index (χ1n) is 10.6. The van der Waals surface area contributed by atoms with E-state index in [0.29, 0.717) is 11.7 Å². The van der Waals surface area contributed by atoms with Crippen molar-refractivity contribution in [3.05, 3.63) is 41.3 Å². The van der Waals surface area contributed by atoms with Crippen LogP contribution in [0.4, 0.5) is 0 Å². The van der Waals surface area contributed by atoms with Gasteiger partial charge < -0.3 is 4.74 Å². The predicted molar refractivity (Wildman–Crippen MR) is 116 cm³/mol. The lowest BCUT2D eigenvalue weighted by molar-refractivity contribution is -0.124. The standard InChI is InChI=1S/C23H29N5O3/c1-14-10-15(2)28(27-14)19-7-6-16(12-24-19)21(30)31-13-20(29)26-25-18-11-17-8-9-23(18,5)22(17,3)4/h6-7,10,12,17H,8-9,11,13H2,1-5H3,(H,26,29)/b25-18+. The number of carbonyl (C=O) groups excluding carboxylic acids is 2. The molecular weight excluding hydrogens is 394 g/mol. The van der Waals surface area contributed by atoms with Crippen LogP contribution >= 0.6 is 0 Å². The van der Waals surface area contributed by atoms with Crippen molar-refractivity contribution in [3.63, 3.8) is 0 Å². The molecule has 2 saturated carbocycles. The van der Waals surface area contributed by atoms with E-state index in [-0.39, 0.29) is 16.4 Å². The first kappa shape index (κ1) is 21.2. The zero-order valence-corrected chi connectivity index (χ0v) is 18.7. The molecule has 4 rings (SSSR count). The van der Waals surface area contributed by atoms with E-state index in [9.17, 15) is 9.59 Å². The maximum absolute atomic E-state index is 12.3. The van der Waals surface area contributed by atoms with Crippen molar-refractivity contribution < 1.29 is 14.3 Å². The highest BCUT2D eigenvalue weighted by Crippen LogP contribution is 2.63. The molecule has 2 fully saturated rings. The Kier molecular flexibility index (Phi) is 5.19. The molecule has 0 spiro atoms. The van der Waals surface area contributed by atoms with Gasteiger partial charge in [-0.2, -0.15) is 10.2 Å². The Hall–Kier alpha value is -3.03. The summed E-state index contributed by atoms with van der Waals surface area (Å²) in [6.07, 6.45) is 4.64. The zero-order chi connectivity index (χ0) is 22.4. The van der Waals surface area contributed by atoms with Crippen LogP contribution in [0.25, 0.3) is 5.82 Å². The van der Waals surface area contributed by atoms with E-state index in [1.165, 1.54) is 12.6 Å². The number of hydrogen-bond donors (Lipinski definition) is 1. The summed E-state index contributed by atoms with van der Waals surface area (Å²) in [4.78, 5) is 28.7. The Morgan fingerprint density at radius 3 is 2.61 bits per heavy atom. The summed E-state index contributed by atoms with van der Waals surface area (Å²) in [5.74, 6) is 0.161. The van der Waals surface area contributed by atoms with Gasteiger partial charge in [0.25, 0.3) is 5.91 Å². The van der Waals surface area contributed by atoms with E-state index in [0.717, 1.165) is 29.9 Å². The third kappa shape index (κ3) is 3.64. The minimum Gasteiger partial charge on any atom is -0.452 e. The molecule has 0 radical (unpaired) electrons. The molecule has 31 heavy (non-hydrogen) atoms. The summed E-state index contributed by atoms with van der Waals surface area (Å²) in [5, 5.41) is 8.75. The smallest absolute Gasteiger partial charge is 0.340 e. The van der Waals surface area contributed by atoms with Crippen molar-refractivity contribution >= 4 is 17.6 Å². The fraction of sp³-hybridized carbons (Fsp3) is 0.522. The number of hydrogen-bond acceptors (Lipinski definition) is 6. The number of amides is 1. The molecule has 0 saturated heterocycles. The van der Waals surface area contributed by atoms with Crippen molar-refractivity contribution in [1.82, 2.24) is 20.2 Å².